The van der Waals surface area contributed by atoms with Crippen LogP contribution in [0.1, 0.15) is 38.1 Å². The predicted molar refractivity (Wildman–Crippen MR) is 71.9 cm³/mol. The zero-order chi connectivity index (χ0) is 14.1. The molecule has 0 aliphatic rings. The highest BCUT2D eigenvalue weighted by Gasteiger charge is 2.29. The molecule has 0 spiro atoms. The highest BCUT2D eigenvalue weighted by Crippen LogP contribution is 2.29. The van der Waals surface area contributed by atoms with Gasteiger partial charge in [0.1, 0.15) is 11.4 Å². The zero-order valence-electron chi connectivity index (χ0n) is 11.9. The van der Waals surface area contributed by atoms with Crippen molar-refractivity contribution in [3.63, 3.8) is 0 Å². The first-order valence-corrected chi connectivity index (χ1v) is 5.92. The van der Waals surface area contributed by atoms with Crippen molar-refractivity contribution in [2.24, 2.45) is 0 Å². The Morgan fingerprint density at radius 3 is 2.44 bits per heavy atom. The highest BCUT2D eigenvalue weighted by molar-refractivity contribution is 5.99. The van der Waals surface area contributed by atoms with Crippen molar-refractivity contribution < 1.29 is 9.53 Å². The second-order valence-electron chi connectivity index (χ2n) is 5.17. The Morgan fingerprint density at radius 2 is 2.06 bits per heavy atom. The summed E-state index contributed by atoms with van der Waals surface area (Å²) in [6.45, 7) is 8.64. The molecule has 102 valence electrons. The Bertz CT molecular complexity index is 446. The third-order valence-corrected chi connectivity index (χ3v) is 2.76. The predicted octanol–water partition coefficient (Wildman–Crippen LogP) is 1.46. The number of nitrogens with zero attached hydrogens (tertiary/aromatic N) is 3. The molecule has 0 amide bonds. The van der Waals surface area contributed by atoms with Crippen LogP contribution in [-0.4, -0.2) is 36.5 Å². The van der Waals surface area contributed by atoms with Crippen LogP contribution in [0.3, 0.4) is 0 Å². The van der Waals surface area contributed by atoms with Gasteiger partial charge >= 0.3 is 5.97 Å². The zero-order valence-corrected chi connectivity index (χ0v) is 11.9. The van der Waals surface area contributed by atoms with Gasteiger partial charge in [0.2, 0.25) is 0 Å². The molecule has 0 bridgehead atoms. The monoisotopic (exact) mass is 254 g/mol. The van der Waals surface area contributed by atoms with Crippen molar-refractivity contribution in [3.05, 3.63) is 5.56 Å². The van der Waals surface area contributed by atoms with Crippen molar-refractivity contribution >= 4 is 17.6 Å². The molecule has 0 aliphatic carbocycles. The van der Waals surface area contributed by atoms with E-state index in [1.807, 2.05) is 39.6 Å². The number of nitrogens with two attached hydrogens (primary N) is 1. The van der Waals surface area contributed by atoms with E-state index in [4.69, 9.17) is 10.5 Å². The number of aromatic nitrogens is 2. The number of hydrogen-bond donors (Lipinski definition) is 1. The number of carbonyl (C=O) groups excluding carboxylic acids is 1. The molecule has 1 heterocycles. The van der Waals surface area contributed by atoms with Gasteiger partial charge in [-0.25, -0.2) is 9.48 Å². The Hall–Kier alpha value is -1.72. The minimum Gasteiger partial charge on any atom is -0.465 e. The van der Waals surface area contributed by atoms with Crippen LogP contribution < -0.4 is 10.6 Å². The van der Waals surface area contributed by atoms with Gasteiger partial charge in [-0.15, -0.1) is 0 Å². The Kier molecular flexibility index (Phi) is 3.88. The minimum atomic E-state index is -0.460. The summed E-state index contributed by atoms with van der Waals surface area (Å²) in [4.78, 5) is 13.7. The Morgan fingerprint density at radius 1 is 1.50 bits per heavy atom. The molecule has 0 saturated heterocycles. The van der Waals surface area contributed by atoms with E-state index in [-0.39, 0.29) is 5.54 Å². The molecule has 0 saturated carbocycles. The molecule has 1 aromatic heterocycles. The van der Waals surface area contributed by atoms with Crippen LogP contribution >= 0.6 is 0 Å². The number of methoxy groups -OCH3 is 1. The summed E-state index contributed by atoms with van der Waals surface area (Å²) in [5, 5.41) is 4.44. The fourth-order valence-corrected chi connectivity index (χ4v) is 1.65. The molecular weight excluding hydrogens is 232 g/mol. The largest absolute Gasteiger partial charge is 0.465 e. The topological polar surface area (TPSA) is 73.4 Å². The number of esters is 1. The molecule has 1 aromatic rings. The van der Waals surface area contributed by atoms with Gasteiger partial charge in [0.05, 0.1) is 12.6 Å². The summed E-state index contributed by atoms with van der Waals surface area (Å²) >= 11 is 0. The molecule has 0 aliphatic heterocycles. The summed E-state index contributed by atoms with van der Waals surface area (Å²) in [5.74, 6) is 0.430. The lowest BCUT2D eigenvalue weighted by Gasteiger charge is -2.21. The van der Waals surface area contributed by atoms with Crippen molar-refractivity contribution in [2.45, 2.75) is 33.2 Å². The number of hydrogen-bond acceptors (Lipinski definition) is 5. The quantitative estimate of drug-likeness (QED) is 0.827. The third kappa shape index (κ3) is 2.42. The van der Waals surface area contributed by atoms with E-state index in [1.165, 1.54) is 7.11 Å². The number of rotatable bonds is 3. The van der Waals surface area contributed by atoms with Crippen molar-refractivity contribution in [3.8, 4) is 0 Å². The summed E-state index contributed by atoms with van der Waals surface area (Å²) in [6, 6.07) is 0. The number of ether oxygens (including phenoxy) is 1. The van der Waals surface area contributed by atoms with Gasteiger partial charge < -0.3 is 15.4 Å². The molecule has 0 atom stereocenters. The Balaban J connectivity index is 3.46. The lowest BCUT2D eigenvalue weighted by Crippen LogP contribution is -2.25. The lowest BCUT2D eigenvalue weighted by atomic mass is 10.1. The van der Waals surface area contributed by atoms with E-state index < -0.39 is 5.97 Å². The van der Waals surface area contributed by atoms with E-state index in [0.29, 0.717) is 17.2 Å². The van der Waals surface area contributed by atoms with Gasteiger partial charge in [-0.1, -0.05) is 0 Å². The van der Waals surface area contributed by atoms with Crippen LogP contribution in [0, 0.1) is 0 Å². The number of carbonyl (C=O) groups is 1. The van der Waals surface area contributed by atoms with E-state index in [9.17, 15) is 4.79 Å². The fraction of sp³-hybridized carbons (Fsp3) is 0.667. The Labute approximate surface area is 108 Å². The van der Waals surface area contributed by atoms with E-state index in [2.05, 4.69) is 5.10 Å². The van der Waals surface area contributed by atoms with Crippen molar-refractivity contribution in [1.29, 1.82) is 0 Å². The van der Waals surface area contributed by atoms with Gasteiger partial charge in [-0.05, 0) is 27.7 Å². The summed E-state index contributed by atoms with van der Waals surface area (Å²) in [6.07, 6.45) is 0. The van der Waals surface area contributed by atoms with E-state index in [0.717, 1.165) is 6.54 Å². The second kappa shape index (κ2) is 4.88. The van der Waals surface area contributed by atoms with Gasteiger partial charge in [-0.3, -0.25) is 0 Å². The molecule has 1 rings (SSSR count). The van der Waals surface area contributed by atoms with Crippen molar-refractivity contribution in [1.82, 2.24) is 9.78 Å². The molecular formula is C12H22N4O2. The summed E-state index contributed by atoms with van der Waals surface area (Å²) < 4.78 is 6.43. The summed E-state index contributed by atoms with van der Waals surface area (Å²) in [5.41, 5.74) is 6.07. The average molecular weight is 254 g/mol. The number of nitrogen functional groups attached to an aromatic ring is 1. The lowest BCUT2D eigenvalue weighted by molar-refractivity contribution is 0.0602. The SMILES string of the molecule is CCN(C)c1nn(C(C)(C)C)c(N)c1C(=O)OC. The molecule has 0 radical (unpaired) electrons. The molecule has 0 unspecified atom stereocenters. The minimum absolute atomic E-state index is 0.292. The van der Waals surface area contributed by atoms with Crippen LogP contribution in [-0.2, 0) is 10.3 Å². The van der Waals surface area contributed by atoms with Crippen LogP contribution in [0.2, 0.25) is 0 Å². The summed E-state index contributed by atoms with van der Waals surface area (Å²) in [7, 11) is 3.20. The van der Waals surface area contributed by atoms with E-state index in [1.54, 1.807) is 4.68 Å². The number of anilines is 2. The fourth-order valence-electron chi connectivity index (χ4n) is 1.65. The van der Waals surface area contributed by atoms with Crippen LogP contribution in [0.25, 0.3) is 0 Å². The smallest absolute Gasteiger partial charge is 0.345 e. The highest BCUT2D eigenvalue weighted by atomic mass is 16.5. The van der Waals surface area contributed by atoms with Crippen LogP contribution in [0.4, 0.5) is 11.6 Å². The maximum atomic E-state index is 11.8. The molecule has 0 aromatic carbocycles. The van der Waals surface area contributed by atoms with Gasteiger partial charge in [0, 0.05) is 13.6 Å². The molecule has 6 heteroatoms. The molecule has 18 heavy (non-hydrogen) atoms. The first-order chi connectivity index (χ1) is 8.23. The molecule has 0 fully saturated rings. The van der Waals surface area contributed by atoms with Crippen LogP contribution in [0.15, 0.2) is 0 Å². The molecule has 2 N–H and O–H groups in total. The van der Waals surface area contributed by atoms with Crippen LogP contribution in [0.5, 0.6) is 0 Å². The second-order valence-corrected chi connectivity index (χ2v) is 5.17. The standard InChI is InChI=1S/C12H22N4O2/c1-7-15(5)10-8(11(17)18-6)9(13)16(14-10)12(2,3)4/h7,13H2,1-6H3. The normalized spacial score (nSPS) is 11.4. The third-order valence-electron chi connectivity index (χ3n) is 2.76. The first kappa shape index (κ1) is 14.3. The average Bonchev–Trinajstić information content (AvgIpc) is 2.64. The van der Waals surface area contributed by atoms with Gasteiger partial charge in [-0.2, -0.15) is 5.10 Å². The first-order valence-electron chi connectivity index (χ1n) is 5.92. The van der Waals surface area contributed by atoms with Gasteiger partial charge in [0.25, 0.3) is 0 Å². The maximum absolute atomic E-state index is 11.8. The molecule has 6 nitrogen and oxygen atoms in total. The van der Waals surface area contributed by atoms with Crippen molar-refractivity contribution in [2.75, 3.05) is 31.3 Å². The van der Waals surface area contributed by atoms with E-state index >= 15 is 0 Å². The van der Waals surface area contributed by atoms with Gasteiger partial charge in [0.15, 0.2) is 5.82 Å². The maximum Gasteiger partial charge on any atom is 0.345 e.